The van der Waals surface area contributed by atoms with Crippen LogP contribution in [0.3, 0.4) is 0 Å². The zero-order valence-electron chi connectivity index (χ0n) is 30.1. The molecule has 288 valence electrons. The molecule has 2 heterocycles. The first-order valence-corrected chi connectivity index (χ1v) is 16.0. The molecule has 2 fully saturated rings. The van der Waals surface area contributed by atoms with E-state index in [4.69, 9.17) is 52.1 Å². The predicted octanol–water partition coefficient (Wildman–Crippen LogP) is 0.441. The molecule has 0 amide bonds. The van der Waals surface area contributed by atoms with Crippen molar-refractivity contribution in [2.45, 2.75) is 131 Å². The van der Waals surface area contributed by atoms with Gasteiger partial charge in [0.1, 0.15) is 25.4 Å². The smallest absolute Gasteiger partial charge is 0.308 e. The number of esters is 8. The molecule has 0 spiro atoms. The topological polar surface area (TPSA) is 238 Å². The second-order valence-corrected chi connectivity index (χ2v) is 12.2. The molecule has 2 aliphatic heterocycles. The summed E-state index contributed by atoms with van der Waals surface area (Å²) in [7, 11) is 0. The van der Waals surface area contributed by atoms with Gasteiger partial charge in [-0.3, -0.25) is 38.4 Å². The molecule has 19 nitrogen and oxygen atoms in total. The summed E-state index contributed by atoms with van der Waals surface area (Å²) in [5, 5.41) is 0. The second-order valence-electron chi connectivity index (χ2n) is 12.2. The van der Waals surface area contributed by atoms with Crippen LogP contribution in [0.25, 0.3) is 0 Å². The third kappa shape index (κ3) is 13.0. The van der Waals surface area contributed by atoms with Crippen LogP contribution in [0.4, 0.5) is 0 Å². The van der Waals surface area contributed by atoms with Crippen LogP contribution in [-0.2, 0) is 90.5 Å². The van der Waals surface area contributed by atoms with Gasteiger partial charge in [0.15, 0.2) is 36.6 Å². The highest BCUT2D eigenvalue weighted by Crippen LogP contribution is 2.35. The van der Waals surface area contributed by atoms with Gasteiger partial charge in [-0.05, 0) is 0 Å². The molecule has 0 unspecified atom stereocenters. The van der Waals surface area contributed by atoms with E-state index >= 15 is 0 Å². The predicted molar refractivity (Wildman–Crippen MR) is 163 cm³/mol. The Kier molecular flexibility index (Phi) is 16.2. The van der Waals surface area contributed by atoms with Crippen molar-refractivity contribution in [1.82, 2.24) is 0 Å². The van der Waals surface area contributed by atoms with E-state index in [2.05, 4.69) is 0 Å². The molecule has 2 rings (SSSR count). The lowest BCUT2D eigenvalue weighted by molar-refractivity contribution is -0.377. The van der Waals surface area contributed by atoms with E-state index in [0.717, 1.165) is 41.5 Å². The second kappa shape index (κ2) is 19.3. The van der Waals surface area contributed by atoms with Gasteiger partial charge < -0.3 is 52.1 Å². The standard InChI is InChI=1S/C32H46O19/c1-13(2)29(39)49-24-22(12-42-16(6)34)48-32(28(46-20(10)38)26(24)50-30(40)14(3)4)51-31-27(45-19(9)37)25(44-18(8)36)23(43-17(7)35)21(47-31)11-41-15(5)33/h13-14,21-28,31-32H,11-12H2,1-10H3/t21-,22+,23-,24+,25+,26-,27-,28+,31-,32+/m0/s1. The number of ether oxygens (including phenoxy) is 11. The number of rotatable bonds is 14. The number of hydrogen-bond acceptors (Lipinski definition) is 19. The van der Waals surface area contributed by atoms with E-state index in [9.17, 15) is 38.4 Å². The lowest BCUT2D eigenvalue weighted by atomic mass is 9.96. The summed E-state index contributed by atoms with van der Waals surface area (Å²) < 4.78 is 61.6. The lowest BCUT2D eigenvalue weighted by Crippen LogP contribution is -2.67. The van der Waals surface area contributed by atoms with Gasteiger partial charge in [-0.15, -0.1) is 0 Å². The number of carbonyl (C=O) groups excluding carboxylic acids is 8. The largest absolute Gasteiger partial charge is 0.463 e. The van der Waals surface area contributed by atoms with E-state index in [1.165, 1.54) is 27.7 Å². The normalized spacial score (nSPS) is 28.9. The maximum absolute atomic E-state index is 13.0. The highest BCUT2D eigenvalue weighted by Gasteiger charge is 2.58. The van der Waals surface area contributed by atoms with Crippen molar-refractivity contribution in [2.24, 2.45) is 11.8 Å². The van der Waals surface area contributed by atoms with Gasteiger partial charge in [0, 0.05) is 41.5 Å². The van der Waals surface area contributed by atoms with Gasteiger partial charge in [0.05, 0.1) is 11.8 Å². The van der Waals surface area contributed by atoms with Crippen molar-refractivity contribution in [3.05, 3.63) is 0 Å². The summed E-state index contributed by atoms with van der Waals surface area (Å²) in [6.45, 7) is 11.2. The van der Waals surface area contributed by atoms with Gasteiger partial charge in [0.25, 0.3) is 0 Å². The first-order chi connectivity index (χ1) is 23.7. The molecule has 51 heavy (non-hydrogen) atoms. The van der Waals surface area contributed by atoms with Gasteiger partial charge in [0.2, 0.25) is 12.6 Å². The molecule has 0 radical (unpaired) electrons. The summed E-state index contributed by atoms with van der Waals surface area (Å²) in [5.74, 6) is -8.21. The maximum atomic E-state index is 13.0. The molecule has 0 aromatic rings. The molecule has 0 saturated carbocycles. The van der Waals surface area contributed by atoms with Crippen LogP contribution in [0.2, 0.25) is 0 Å². The Morgan fingerprint density at radius 2 is 0.725 bits per heavy atom. The zero-order chi connectivity index (χ0) is 38.7. The Balaban J connectivity index is 2.76. The Morgan fingerprint density at radius 3 is 1.06 bits per heavy atom. The molecule has 0 bridgehead atoms. The Labute approximate surface area is 294 Å². The molecular formula is C32H46O19. The minimum Gasteiger partial charge on any atom is -0.463 e. The van der Waals surface area contributed by atoms with E-state index in [1.54, 1.807) is 0 Å². The average Bonchev–Trinajstić information content (AvgIpc) is 2.99. The van der Waals surface area contributed by atoms with Gasteiger partial charge >= 0.3 is 47.8 Å². The van der Waals surface area contributed by atoms with Crippen LogP contribution in [0, 0.1) is 11.8 Å². The van der Waals surface area contributed by atoms with Crippen molar-refractivity contribution >= 4 is 47.8 Å². The number of carbonyl (C=O) groups is 8. The molecule has 0 aliphatic carbocycles. The highest BCUT2D eigenvalue weighted by molar-refractivity contribution is 5.73. The van der Waals surface area contributed by atoms with Crippen LogP contribution < -0.4 is 0 Å². The van der Waals surface area contributed by atoms with E-state index < -0.39 is 134 Å². The molecule has 2 saturated heterocycles. The quantitative estimate of drug-likeness (QED) is 0.174. The third-order valence-electron chi connectivity index (χ3n) is 7.01. The van der Waals surface area contributed by atoms with Crippen LogP contribution >= 0.6 is 0 Å². The molecule has 10 atom stereocenters. The minimum atomic E-state index is -1.85. The first kappa shape index (κ1) is 42.8. The Bertz CT molecular complexity index is 1290. The van der Waals surface area contributed by atoms with Gasteiger partial charge in [-0.1, -0.05) is 27.7 Å². The fraction of sp³-hybridized carbons (Fsp3) is 0.750. The summed E-state index contributed by atoms with van der Waals surface area (Å²) >= 11 is 0. The van der Waals surface area contributed by atoms with Crippen molar-refractivity contribution in [3.63, 3.8) is 0 Å². The SMILES string of the molecule is CC(=O)OC[C@@H]1O[C@@H](O[C@H]2O[C@H](COC(C)=O)[C@@H](OC(=O)C(C)C)[C@H](OC(=O)C(C)C)[C@H]2OC(C)=O)[C@@H](OC(C)=O)[C@H](OC(C)=O)[C@H]1OC(C)=O. The van der Waals surface area contributed by atoms with Gasteiger partial charge in [-0.2, -0.15) is 0 Å². The van der Waals surface area contributed by atoms with Crippen LogP contribution in [0.5, 0.6) is 0 Å². The monoisotopic (exact) mass is 734 g/mol. The van der Waals surface area contributed by atoms with Crippen molar-refractivity contribution in [3.8, 4) is 0 Å². The molecule has 0 aromatic heterocycles. The van der Waals surface area contributed by atoms with Crippen molar-refractivity contribution < 1.29 is 90.5 Å². The Hall–Kier alpha value is -4.36. The zero-order valence-corrected chi connectivity index (χ0v) is 30.1. The Morgan fingerprint density at radius 1 is 0.431 bits per heavy atom. The van der Waals surface area contributed by atoms with E-state index in [0.29, 0.717) is 0 Å². The van der Waals surface area contributed by atoms with Crippen LogP contribution in [-0.4, -0.2) is 122 Å². The minimum absolute atomic E-state index is 0.590. The van der Waals surface area contributed by atoms with Crippen molar-refractivity contribution in [2.75, 3.05) is 13.2 Å². The molecule has 0 N–H and O–H groups in total. The average molecular weight is 735 g/mol. The molecule has 0 aromatic carbocycles. The van der Waals surface area contributed by atoms with E-state index in [-0.39, 0.29) is 0 Å². The van der Waals surface area contributed by atoms with Crippen LogP contribution in [0.15, 0.2) is 0 Å². The fourth-order valence-electron chi connectivity index (χ4n) is 4.89. The summed E-state index contributed by atoms with van der Waals surface area (Å²) in [5.41, 5.74) is 0. The summed E-state index contributed by atoms with van der Waals surface area (Å²) in [6, 6.07) is 0. The summed E-state index contributed by atoms with van der Waals surface area (Å²) in [4.78, 5) is 98.7. The maximum Gasteiger partial charge on any atom is 0.308 e. The number of hydrogen-bond donors (Lipinski definition) is 0. The molecule has 2 aliphatic rings. The molecule has 19 heteroatoms. The first-order valence-electron chi connectivity index (χ1n) is 16.0. The van der Waals surface area contributed by atoms with E-state index in [1.807, 2.05) is 0 Å². The lowest BCUT2D eigenvalue weighted by Gasteiger charge is -2.48. The molecular weight excluding hydrogens is 688 g/mol. The third-order valence-corrected chi connectivity index (χ3v) is 7.01. The highest BCUT2D eigenvalue weighted by atomic mass is 16.8. The van der Waals surface area contributed by atoms with Crippen LogP contribution in [0.1, 0.15) is 69.2 Å². The fourth-order valence-corrected chi connectivity index (χ4v) is 4.89. The summed E-state index contributed by atoms with van der Waals surface area (Å²) in [6.07, 6.45) is -16.4. The van der Waals surface area contributed by atoms with Gasteiger partial charge in [-0.25, -0.2) is 0 Å². The van der Waals surface area contributed by atoms with Crippen molar-refractivity contribution in [1.29, 1.82) is 0 Å².